The minimum atomic E-state index is -1.03. The van der Waals surface area contributed by atoms with Crippen molar-refractivity contribution in [1.82, 2.24) is 4.98 Å². The Hall–Kier alpha value is -3.19. The molecule has 0 atom stereocenters. The summed E-state index contributed by atoms with van der Waals surface area (Å²) in [6.45, 7) is -0.398. The Balaban J connectivity index is 1.66. The topological polar surface area (TPSA) is 83.8 Å². The number of nitrogens with zero attached hydrogens (tertiary/aromatic N) is 2. The van der Waals surface area contributed by atoms with E-state index in [9.17, 15) is 4.79 Å². The van der Waals surface area contributed by atoms with Crippen LogP contribution in [0.4, 0.5) is 5.13 Å². The van der Waals surface area contributed by atoms with Crippen molar-refractivity contribution >= 4 is 28.7 Å². The average Bonchev–Trinajstić information content (AvgIpc) is 3.10. The quantitative estimate of drug-likeness (QED) is 0.500. The first-order valence-corrected chi connectivity index (χ1v) is 8.34. The van der Waals surface area contributed by atoms with Gasteiger partial charge in [-0.25, -0.2) is 9.78 Å². The highest BCUT2D eigenvalue weighted by molar-refractivity contribution is 7.14. The minimum absolute atomic E-state index is 0.398. The molecule has 0 aliphatic carbocycles. The first-order chi connectivity index (χ1) is 12.2. The number of ether oxygens (including phenoxy) is 1. The fourth-order valence-corrected chi connectivity index (χ4v) is 2.75. The van der Waals surface area contributed by atoms with Crippen molar-refractivity contribution in [3.63, 3.8) is 0 Å². The molecule has 6 nitrogen and oxygen atoms in total. The number of hydrazone groups is 1. The molecule has 126 valence electrons. The molecule has 0 unspecified atom stereocenters. The summed E-state index contributed by atoms with van der Waals surface area (Å²) in [5.41, 5.74) is 5.48. The molecule has 1 aromatic heterocycles. The second kappa shape index (κ2) is 8.07. The van der Waals surface area contributed by atoms with E-state index in [0.29, 0.717) is 16.4 Å². The SMILES string of the molecule is O=C(O)COc1ccccc1/C=N\Nc1nc(-c2ccccc2)cs1. The normalized spacial score (nSPS) is 10.7. The van der Waals surface area contributed by atoms with Crippen molar-refractivity contribution in [1.29, 1.82) is 0 Å². The van der Waals surface area contributed by atoms with Crippen LogP contribution in [0.15, 0.2) is 65.1 Å². The molecule has 2 N–H and O–H groups in total. The van der Waals surface area contributed by atoms with Gasteiger partial charge in [-0.05, 0) is 12.1 Å². The number of para-hydroxylation sites is 1. The third kappa shape index (κ3) is 4.65. The van der Waals surface area contributed by atoms with Gasteiger partial charge in [-0.3, -0.25) is 5.43 Å². The fourth-order valence-electron chi connectivity index (χ4n) is 2.08. The van der Waals surface area contributed by atoms with Crippen LogP contribution < -0.4 is 10.2 Å². The highest BCUT2D eigenvalue weighted by atomic mass is 32.1. The molecule has 0 radical (unpaired) electrons. The number of carboxylic acids is 1. The van der Waals surface area contributed by atoms with E-state index in [0.717, 1.165) is 11.3 Å². The van der Waals surface area contributed by atoms with E-state index in [1.807, 2.05) is 41.8 Å². The Kier molecular flexibility index (Phi) is 5.38. The van der Waals surface area contributed by atoms with Gasteiger partial charge < -0.3 is 9.84 Å². The second-order valence-electron chi connectivity index (χ2n) is 4.99. The molecule has 0 saturated carbocycles. The van der Waals surface area contributed by atoms with Crippen molar-refractivity contribution in [2.45, 2.75) is 0 Å². The van der Waals surface area contributed by atoms with Crippen LogP contribution in [0.5, 0.6) is 5.75 Å². The van der Waals surface area contributed by atoms with E-state index >= 15 is 0 Å². The Morgan fingerprint density at radius 3 is 2.76 bits per heavy atom. The van der Waals surface area contributed by atoms with Gasteiger partial charge in [-0.15, -0.1) is 11.3 Å². The van der Waals surface area contributed by atoms with Gasteiger partial charge in [-0.1, -0.05) is 42.5 Å². The summed E-state index contributed by atoms with van der Waals surface area (Å²) in [5, 5.41) is 15.5. The lowest BCUT2D eigenvalue weighted by molar-refractivity contribution is -0.139. The van der Waals surface area contributed by atoms with Crippen molar-refractivity contribution in [3.8, 4) is 17.0 Å². The van der Waals surface area contributed by atoms with Gasteiger partial charge in [0, 0.05) is 16.5 Å². The Labute approximate surface area is 148 Å². The minimum Gasteiger partial charge on any atom is -0.481 e. The van der Waals surface area contributed by atoms with E-state index in [1.165, 1.54) is 11.3 Å². The van der Waals surface area contributed by atoms with Crippen molar-refractivity contribution < 1.29 is 14.6 Å². The fraction of sp³-hybridized carbons (Fsp3) is 0.0556. The van der Waals surface area contributed by atoms with E-state index in [1.54, 1.807) is 24.4 Å². The zero-order valence-electron chi connectivity index (χ0n) is 13.1. The number of nitrogens with one attached hydrogen (secondary N) is 1. The largest absolute Gasteiger partial charge is 0.481 e. The predicted molar refractivity (Wildman–Crippen MR) is 98.3 cm³/mol. The number of anilines is 1. The zero-order valence-corrected chi connectivity index (χ0v) is 13.9. The molecule has 7 heteroatoms. The molecule has 0 fully saturated rings. The molecule has 0 bridgehead atoms. The molecular formula is C18H15N3O3S. The molecule has 2 aromatic carbocycles. The summed E-state index contributed by atoms with van der Waals surface area (Å²) in [4.78, 5) is 15.1. The number of carboxylic acid groups (broad SMARTS) is 1. The molecule has 0 aliphatic rings. The monoisotopic (exact) mass is 353 g/mol. The maximum atomic E-state index is 10.6. The Bertz CT molecular complexity index is 878. The summed E-state index contributed by atoms with van der Waals surface area (Å²) in [6.07, 6.45) is 1.57. The maximum absolute atomic E-state index is 10.6. The second-order valence-corrected chi connectivity index (χ2v) is 5.85. The molecule has 25 heavy (non-hydrogen) atoms. The number of hydrogen-bond donors (Lipinski definition) is 2. The van der Waals surface area contributed by atoms with E-state index in [4.69, 9.17) is 9.84 Å². The van der Waals surface area contributed by atoms with Crippen molar-refractivity contribution in [3.05, 3.63) is 65.5 Å². The molecule has 1 heterocycles. The molecular weight excluding hydrogens is 338 g/mol. The van der Waals surface area contributed by atoms with Crippen LogP contribution in [0.2, 0.25) is 0 Å². The number of benzene rings is 2. The maximum Gasteiger partial charge on any atom is 0.341 e. The van der Waals surface area contributed by atoms with Crippen LogP contribution in [-0.4, -0.2) is 28.9 Å². The molecule has 0 saturated heterocycles. The van der Waals surface area contributed by atoms with Crippen molar-refractivity contribution in [2.75, 3.05) is 12.0 Å². The lowest BCUT2D eigenvalue weighted by atomic mass is 10.2. The van der Waals surface area contributed by atoms with Gasteiger partial charge in [0.25, 0.3) is 0 Å². The first kappa shape index (κ1) is 16.7. The summed E-state index contributed by atoms with van der Waals surface area (Å²) in [5.74, 6) is -0.569. The molecule has 3 rings (SSSR count). The van der Waals surface area contributed by atoms with E-state index < -0.39 is 12.6 Å². The van der Waals surface area contributed by atoms with Gasteiger partial charge in [-0.2, -0.15) is 5.10 Å². The molecule has 0 spiro atoms. The number of hydrogen-bond acceptors (Lipinski definition) is 6. The summed E-state index contributed by atoms with van der Waals surface area (Å²) in [7, 11) is 0. The third-order valence-electron chi connectivity index (χ3n) is 3.21. The number of rotatable bonds is 7. The van der Waals surface area contributed by atoms with E-state index in [-0.39, 0.29) is 0 Å². The summed E-state index contributed by atoms with van der Waals surface area (Å²) in [6, 6.07) is 17.0. The van der Waals surface area contributed by atoms with Crippen LogP contribution >= 0.6 is 11.3 Å². The van der Waals surface area contributed by atoms with Crippen LogP contribution in [0.25, 0.3) is 11.3 Å². The van der Waals surface area contributed by atoms with Crippen LogP contribution in [0.3, 0.4) is 0 Å². The third-order valence-corrected chi connectivity index (χ3v) is 3.95. The molecule has 3 aromatic rings. The number of aliphatic carboxylic acids is 1. The Morgan fingerprint density at radius 2 is 1.96 bits per heavy atom. The van der Waals surface area contributed by atoms with Crippen molar-refractivity contribution in [2.24, 2.45) is 5.10 Å². The lowest BCUT2D eigenvalue weighted by Gasteiger charge is -2.05. The summed E-state index contributed by atoms with van der Waals surface area (Å²) >= 11 is 1.45. The van der Waals surface area contributed by atoms with Crippen LogP contribution in [0.1, 0.15) is 5.56 Å². The first-order valence-electron chi connectivity index (χ1n) is 7.46. The summed E-state index contributed by atoms with van der Waals surface area (Å²) < 4.78 is 5.23. The number of carbonyl (C=O) groups is 1. The van der Waals surface area contributed by atoms with E-state index in [2.05, 4.69) is 15.5 Å². The molecule has 0 aliphatic heterocycles. The van der Waals surface area contributed by atoms with Crippen LogP contribution in [-0.2, 0) is 4.79 Å². The van der Waals surface area contributed by atoms with Gasteiger partial charge in [0.2, 0.25) is 5.13 Å². The average molecular weight is 353 g/mol. The number of thiazole rings is 1. The lowest BCUT2D eigenvalue weighted by Crippen LogP contribution is -2.10. The van der Waals surface area contributed by atoms with Gasteiger partial charge in [0.05, 0.1) is 11.9 Å². The highest BCUT2D eigenvalue weighted by Crippen LogP contribution is 2.24. The standard InChI is InChI=1S/C18H15N3O3S/c22-17(23)11-24-16-9-5-4-8-14(16)10-19-21-18-20-15(12-25-18)13-6-2-1-3-7-13/h1-10,12H,11H2,(H,20,21)(H,22,23)/b19-10-. The number of aromatic nitrogens is 1. The zero-order chi connectivity index (χ0) is 17.5. The van der Waals surface area contributed by atoms with Gasteiger partial charge >= 0.3 is 5.97 Å². The highest BCUT2D eigenvalue weighted by Gasteiger charge is 2.05. The van der Waals surface area contributed by atoms with Gasteiger partial charge in [0.15, 0.2) is 6.61 Å². The van der Waals surface area contributed by atoms with Gasteiger partial charge in [0.1, 0.15) is 5.75 Å². The molecule has 0 amide bonds. The predicted octanol–water partition coefficient (Wildman–Crippen LogP) is 3.72. The van der Waals surface area contributed by atoms with Crippen LogP contribution in [0, 0.1) is 0 Å². The smallest absolute Gasteiger partial charge is 0.341 e. The Morgan fingerprint density at radius 1 is 1.20 bits per heavy atom.